The van der Waals surface area contributed by atoms with E-state index < -0.39 is 35.3 Å². The zero-order valence-corrected chi connectivity index (χ0v) is 14.3. The lowest BCUT2D eigenvalue weighted by Gasteiger charge is -2.28. The van der Waals surface area contributed by atoms with Gasteiger partial charge in [0.1, 0.15) is 0 Å². The molecule has 8 heteroatoms. The van der Waals surface area contributed by atoms with Gasteiger partial charge in [0.15, 0.2) is 16.7 Å². The Balaban J connectivity index is 2.09. The third kappa shape index (κ3) is 2.86. The van der Waals surface area contributed by atoms with Crippen LogP contribution < -0.4 is 0 Å². The molecule has 132 valence electrons. The smallest absolute Gasteiger partial charge is 0.307 e. The highest BCUT2D eigenvalue weighted by Crippen LogP contribution is 2.44. The first-order valence-corrected chi connectivity index (χ1v) is 8.36. The molecule has 0 bridgehead atoms. The second-order valence-corrected chi connectivity index (χ2v) is 6.56. The van der Waals surface area contributed by atoms with Crippen LogP contribution in [0.2, 0.25) is 0 Å². The van der Waals surface area contributed by atoms with Crippen molar-refractivity contribution in [3.8, 4) is 0 Å². The van der Waals surface area contributed by atoms with E-state index in [2.05, 4.69) is 0 Å². The number of allylic oxidation sites excluding steroid dienone is 2. The lowest BCUT2D eigenvalue weighted by Crippen LogP contribution is -2.36. The maximum atomic E-state index is 14.8. The highest BCUT2D eigenvalue weighted by Gasteiger charge is 2.43. The highest BCUT2D eigenvalue weighted by molar-refractivity contribution is 7.08. The van der Waals surface area contributed by atoms with E-state index in [-0.39, 0.29) is 28.9 Å². The van der Waals surface area contributed by atoms with E-state index in [1.807, 2.05) is 0 Å². The number of fused-ring (bicyclic) bond motifs is 1. The van der Waals surface area contributed by atoms with Gasteiger partial charge in [-0.25, -0.2) is 4.39 Å². The van der Waals surface area contributed by atoms with Gasteiger partial charge < -0.3 is 14.7 Å². The Bertz CT molecular complexity index is 853. The van der Waals surface area contributed by atoms with Gasteiger partial charge in [-0.2, -0.15) is 4.39 Å². The summed E-state index contributed by atoms with van der Waals surface area (Å²) in [6.45, 7) is 1.57. The van der Waals surface area contributed by atoms with Gasteiger partial charge in [-0.1, -0.05) is 0 Å². The van der Waals surface area contributed by atoms with Crippen LogP contribution in [0.25, 0.3) is 0 Å². The Labute approximate surface area is 146 Å². The number of carboxylic acid groups (broad SMARTS) is 1. The number of methoxy groups -OCH3 is 1. The molecule has 0 saturated carbocycles. The first-order chi connectivity index (χ1) is 11.8. The molecule has 1 atom stereocenters. The van der Waals surface area contributed by atoms with Crippen LogP contribution in [0, 0.1) is 5.13 Å². The Morgan fingerprint density at radius 3 is 2.72 bits per heavy atom. The quantitative estimate of drug-likeness (QED) is 0.883. The first kappa shape index (κ1) is 17.3. The van der Waals surface area contributed by atoms with Crippen molar-refractivity contribution in [2.45, 2.75) is 25.8 Å². The Morgan fingerprint density at radius 2 is 2.16 bits per heavy atom. The number of ether oxygens (including phenoxy) is 1. The van der Waals surface area contributed by atoms with Crippen LogP contribution in [-0.4, -0.2) is 35.0 Å². The number of aliphatic carboxylic acids is 1. The summed E-state index contributed by atoms with van der Waals surface area (Å²) >= 11 is 0.796. The molecule has 5 nitrogen and oxygen atoms in total. The third-order valence-corrected chi connectivity index (χ3v) is 5.04. The van der Waals surface area contributed by atoms with Crippen molar-refractivity contribution < 1.29 is 28.2 Å². The molecule has 1 aromatic heterocycles. The standard InChI is InChI=1S/C17H15F2NO4S/c1-8-10(6-14(21)22)15-11(3-4-12(24-2)16(15)19)20(8)17(23)9-5-13(18)25-7-9/h4-5,7,11H,3,6H2,1-2H3,(H,21,22). The van der Waals surface area contributed by atoms with Crippen molar-refractivity contribution in [2.75, 3.05) is 7.11 Å². The van der Waals surface area contributed by atoms with Crippen molar-refractivity contribution in [1.82, 2.24) is 4.90 Å². The lowest BCUT2D eigenvalue weighted by molar-refractivity contribution is -0.136. The van der Waals surface area contributed by atoms with Crippen molar-refractivity contribution >= 4 is 23.2 Å². The monoisotopic (exact) mass is 367 g/mol. The minimum Gasteiger partial charge on any atom is -0.494 e. The highest BCUT2D eigenvalue weighted by atomic mass is 32.1. The Morgan fingerprint density at radius 1 is 1.44 bits per heavy atom. The summed E-state index contributed by atoms with van der Waals surface area (Å²) in [6.07, 6.45) is 1.39. The molecule has 1 unspecified atom stereocenters. The van der Waals surface area contributed by atoms with Gasteiger partial charge in [0.05, 0.1) is 25.1 Å². The van der Waals surface area contributed by atoms with Crippen LogP contribution in [0.1, 0.15) is 30.1 Å². The normalized spacial score (nSPS) is 19.9. The van der Waals surface area contributed by atoms with E-state index in [0.717, 1.165) is 17.4 Å². The summed E-state index contributed by atoms with van der Waals surface area (Å²) in [5.74, 6) is -2.25. The summed E-state index contributed by atoms with van der Waals surface area (Å²) in [5, 5.41) is 10.1. The summed E-state index contributed by atoms with van der Waals surface area (Å²) in [6, 6.07) is 0.456. The van der Waals surface area contributed by atoms with Gasteiger partial charge in [0, 0.05) is 16.7 Å². The van der Waals surface area contributed by atoms with Crippen LogP contribution in [-0.2, 0) is 9.53 Å². The van der Waals surface area contributed by atoms with Gasteiger partial charge in [-0.15, -0.1) is 11.3 Å². The molecule has 1 aliphatic heterocycles. The molecule has 0 saturated heterocycles. The molecule has 25 heavy (non-hydrogen) atoms. The minimum atomic E-state index is -1.13. The van der Waals surface area contributed by atoms with E-state index in [9.17, 15) is 18.4 Å². The van der Waals surface area contributed by atoms with Crippen molar-refractivity contribution in [2.24, 2.45) is 0 Å². The van der Waals surface area contributed by atoms with Gasteiger partial charge in [-0.3, -0.25) is 9.59 Å². The van der Waals surface area contributed by atoms with Crippen LogP contribution in [0.5, 0.6) is 0 Å². The molecule has 1 aromatic rings. The van der Waals surface area contributed by atoms with Gasteiger partial charge in [0.2, 0.25) is 0 Å². The average molecular weight is 367 g/mol. The van der Waals surface area contributed by atoms with Crippen molar-refractivity contribution in [3.63, 3.8) is 0 Å². The number of hydrogen-bond donors (Lipinski definition) is 1. The second kappa shape index (κ2) is 6.44. The molecular weight excluding hydrogens is 352 g/mol. The predicted octanol–water partition coefficient (Wildman–Crippen LogP) is 3.62. The molecular formula is C17H15F2NO4S. The molecule has 2 heterocycles. The largest absolute Gasteiger partial charge is 0.494 e. The molecule has 0 aromatic carbocycles. The Hall–Kier alpha value is -2.48. The molecule has 1 aliphatic carbocycles. The molecule has 0 fully saturated rings. The van der Waals surface area contributed by atoms with Crippen molar-refractivity contribution in [1.29, 1.82) is 0 Å². The fraction of sp³-hybridized carbons (Fsp3) is 0.294. The summed E-state index contributed by atoms with van der Waals surface area (Å²) in [5.41, 5.74) is 0.921. The molecule has 0 spiro atoms. The number of halogens is 2. The SMILES string of the molecule is COC1=CCC2C(=C1F)C(CC(=O)O)=C(C)N2C(=O)c1csc(F)c1. The maximum absolute atomic E-state index is 14.8. The maximum Gasteiger partial charge on any atom is 0.307 e. The van der Waals surface area contributed by atoms with E-state index in [0.29, 0.717) is 5.70 Å². The van der Waals surface area contributed by atoms with Gasteiger partial charge in [0.25, 0.3) is 5.91 Å². The molecule has 2 aliphatic rings. The van der Waals surface area contributed by atoms with Gasteiger partial charge in [-0.05, 0) is 31.1 Å². The number of rotatable bonds is 4. The Kier molecular flexibility index (Phi) is 4.47. The average Bonchev–Trinajstić information content (AvgIpc) is 3.10. The lowest BCUT2D eigenvalue weighted by atomic mass is 9.91. The van der Waals surface area contributed by atoms with Crippen molar-refractivity contribution in [3.05, 3.63) is 56.6 Å². The van der Waals surface area contributed by atoms with E-state index in [1.165, 1.54) is 23.5 Å². The van der Waals surface area contributed by atoms with Crippen LogP contribution >= 0.6 is 11.3 Å². The number of carboxylic acids is 1. The molecule has 1 amide bonds. The van der Waals surface area contributed by atoms with Gasteiger partial charge >= 0.3 is 5.97 Å². The summed E-state index contributed by atoms with van der Waals surface area (Å²) in [7, 11) is 1.33. The van der Waals surface area contributed by atoms with E-state index >= 15 is 0 Å². The summed E-state index contributed by atoms with van der Waals surface area (Å²) in [4.78, 5) is 25.4. The number of amides is 1. The molecule has 0 radical (unpaired) electrons. The number of carbonyl (C=O) groups excluding carboxylic acids is 1. The predicted molar refractivity (Wildman–Crippen MR) is 87.0 cm³/mol. The fourth-order valence-electron chi connectivity index (χ4n) is 3.25. The molecule has 3 rings (SSSR count). The first-order valence-electron chi connectivity index (χ1n) is 7.48. The third-order valence-electron chi connectivity index (χ3n) is 4.33. The second-order valence-electron chi connectivity index (χ2n) is 5.70. The zero-order valence-electron chi connectivity index (χ0n) is 13.5. The topological polar surface area (TPSA) is 66.8 Å². The zero-order chi connectivity index (χ0) is 18.3. The van der Waals surface area contributed by atoms with E-state index in [4.69, 9.17) is 9.84 Å². The summed E-state index contributed by atoms with van der Waals surface area (Å²) < 4.78 is 33.0. The van der Waals surface area contributed by atoms with Crippen LogP contribution in [0.15, 0.2) is 46.0 Å². The van der Waals surface area contributed by atoms with E-state index in [1.54, 1.807) is 6.92 Å². The van der Waals surface area contributed by atoms with Crippen LogP contribution in [0.4, 0.5) is 8.78 Å². The van der Waals surface area contributed by atoms with Crippen LogP contribution in [0.3, 0.4) is 0 Å². The number of nitrogens with zero attached hydrogens (tertiary/aromatic N) is 1. The number of hydrogen-bond acceptors (Lipinski definition) is 4. The number of thiophene rings is 1. The fourth-order valence-corrected chi connectivity index (χ4v) is 3.85. The molecule has 1 N–H and O–H groups in total. The minimum absolute atomic E-state index is 0.0258. The number of carbonyl (C=O) groups is 2.